The Labute approximate surface area is 365 Å². The van der Waals surface area contributed by atoms with E-state index in [9.17, 15) is 19.5 Å². The van der Waals surface area contributed by atoms with E-state index in [1.807, 2.05) is 60.7 Å². The summed E-state index contributed by atoms with van der Waals surface area (Å²) < 4.78 is 5.09. The zero-order valence-corrected chi connectivity index (χ0v) is 34.1. The molecular weight excluding hydrogens is 781 g/mol. The quantitative estimate of drug-likeness (QED) is 0.105. The molecule has 0 amide bonds. The van der Waals surface area contributed by atoms with E-state index in [0.717, 1.165) is 22.3 Å². The predicted octanol–water partition coefficient (Wildman–Crippen LogP) is 13.4. The van der Waals surface area contributed by atoms with Gasteiger partial charge in [-0.3, -0.25) is 4.79 Å². The van der Waals surface area contributed by atoms with Crippen molar-refractivity contribution < 1.29 is 29.3 Å². The number of carboxylic acid groups (broad SMARTS) is 2. The van der Waals surface area contributed by atoms with Crippen molar-refractivity contribution in [2.24, 2.45) is 0 Å². The highest BCUT2D eigenvalue weighted by atomic mass is 16.5. The molecule has 1 aliphatic rings. The second-order valence-electron chi connectivity index (χ2n) is 15.9. The van der Waals surface area contributed by atoms with Crippen molar-refractivity contribution >= 4 is 62.9 Å². The molecule has 1 fully saturated rings. The fourth-order valence-electron chi connectivity index (χ4n) is 9.15. The maximum Gasteiger partial charge on any atom is 0.335 e. The minimum Gasteiger partial charge on any atom is -0.478 e. The molecule has 0 spiro atoms. The molecule has 0 heterocycles. The fourth-order valence-corrected chi connectivity index (χ4v) is 9.15. The standard InChI is InChI=1S/C38H28O4.C19H14O2/c39-23-42-33-19-17-27(18-20-33)35-34(26-11-13-28(14-12-26)38(40)41)36(31-15-9-24-5-1-3-7-29(24)21-31)37(35)32-16-10-25-6-2-4-8-30(25)22-32;20-19(21)17-11-7-14(8-12-17)5-6-15-9-10-16-3-1-2-4-18(16)13-15/h1-23,34-37H,(H,40,41);1-13H,(H,20,21)/b;6-5+/t34-,35+,36+,37-;/m1./s1. The first-order valence-electron chi connectivity index (χ1n) is 20.8. The van der Waals surface area contributed by atoms with Gasteiger partial charge in [0.1, 0.15) is 5.75 Å². The topological polar surface area (TPSA) is 101 Å². The third-order valence-electron chi connectivity index (χ3n) is 12.3. The minimum absolute atomic E-state index is 0.100. The molecule has 0 aliphatic heterocycles. The van der Waals surface area contributed by atoms with E-state index in [4.69, 9.17) is 9.84 Å². The smallest absolute Gasteiger partial charge is 0.335 e. The lowest BCUT2D eigenvalue weighted by Crippen LogP contribution is -2.40. The molecule has 9 aromatic rings. The predicted molar refractivity (Wildman–Crippen MR) is 252 cm³/mol. The number of hydrogen-bond donors (Lipinski definition) is 2. The van der Waals surface area contributed by atoms with Crippen LogP contribution in [0.1, 0.15) is 77.8 Å². The molecule has 306 valence electrons. The van der Waals surface area contributed by atoms with E-state index < -0.39 is 11.9 Å². The number of carbonyl (C=O) groups is 3. The van der Waals surface area contributed by atoms with Gasteiger partial charge in [0.2, 0.25) is 0 Å². The third kappa shape index (κ3) is 8.61. The molecule has 1 aliphatic carbocycles. The summed E-state index contributed by atoms with van der Waals surface area (Å²) in [5.74, 6) is -0.798. The molecule has 2 N–H and O–H groups in total. The Kier molecular flexibility index (Phi) is 11.4. The number of carboxylic acids is 2. The number of rotatable bonds is 10. The Bertz CT molecular complexity index is 3130. The van der Waals surface area contributed by atoms with Crippen molar-refractivity contribution in [2.45, 2.75) is 23.7 Å². The minimum atomic E-state index is -0.933. The van der Waals surface area contributed by atoms with Crippen LogP contribution in [0.5, 0.6) is 5.75 Å². The van der Waals surface area contributed by atoms with Crippen LogP contribution in [0.15, 0.2) is 200 Å². The molecule has 0 saturated heterocycles. The number of carbonyl (C=O) groups excluding carboxylic acids is 1. The van der Waals surface area contributed by atoms with Gasteiger partial charge in [0, 0.05) is 0 Å². The Balaban J connectivity index is 0.000000201. The lowest BCUT2D eigenvalue weighted by Gasteiger charge is -2.54. The van der Waals surface area contributed by atoms with Crippen LogP contribution >= 0.6 is 0 Å². The summed E-state index contributed by atoms with van der Waals surface area (Å²) in [6.07, 6.45) is 4.01. The van der Waals surface area contributed by atoms with Crippen molar-refractivity contribution in [3.05, 3.63) is 245 Å². The molecule has 0 unspecified atom stereocenters. The molecule has 10 rings (SSSR count). The van der Waals surface area contributed by atoms with Gasteiger partial charge in [0.25, 0.3) is 6.47 Å². The number of fused-ring (bicyclic) bond motifs is 3. The third-order valence-corrected chi connectivity index (χ3v) is 12.3. The van der Waals surface area contributed by atoms with E-state index >= 15 is 0 Å². The van der Waals surface area contributed by atoms with Gasteiger partial charge in [0.15, 0.2) is 0 Å². The highest BCUT2D eigenvalue weighted by Crippen LogP contribution is 2.66. The molecule has 1 saturated carbocycles. The molecule has 0 bridgehead atoms. The van der Waals surface area contributed by atoms with Gasteiger partial charge >= 0.3 is 11.9 Å². The number of hydrogen-bond acceptors (Lipinski definition) is 4. The fraction of sp³-hybridized carbons (Fsp3) is 0.0702. The first-order valence-corrected chi connectivity index (χ1v) is 20.8. The van der Waals surface area contributed by atoms with Crippen LogP contribution in [0, 0.1) is 0 Å². The maximum atomic E-state index is 11.7. The summed E-state index contributed by atoms with van der Waals surface area (Å²) in [5.41, 5.74) is 7.46. The summed E-state index contributed by atoms with van der Waals surface area (Å²) in [6, 6.07) is 66.9. The van der Waals surface area contributed by atoms with Crippen LogP contribution in [0.3, 0.4) is 0 Å². The van der Waals surface area contributed by atoms with Crippen LogP contribution < -0.4 is 4.74 Å². The van der Waals surface area contributed by atoms with Crippen LogP contribution in [0.2, 0.25) is 0 Å². The van der Waals surface area contributed by atoms with Gasteiger partial charge in [-0.05, 0) is 132 Å². The van der Waals surface area contributed by atoms with Crippen molar-refractivity contribution in [1.29, 1.82) is 0 Å². The molecule has 63 heavy (non-hydrogen) atoms. The first-order chi connectivity index (χ1) is 30.8. The summed E-state index contributed by atoms with van der Waals surface area (Å²) in [6.45, 7) is 0.443. The van der Waals surface area contributed by atoms with Gasteiger partial charge in [0.05, 0.1) is 11.1 Å². The average Bonchev–Trinajstić information content (AvgIpc) is 3.31. The number of aromatic carboxylic acids is 2. The van der Waals surface area contributed by atoms with E-state index in [1.165, 1.54) is 43.4 Å². The van der Waals surface area contributed by atoms with Crippen molar-refractivity contribution in [3.8, 4) is 5.75 Å². The second-order valence-corrected chi connectivity index (χ2v) is 15.9. The monoisotopic (exact) mass is 822 g/mol. The number of benzene rings is 9. The maximum absolute atomic E-state index is 11.7. The molecule has 0 radical (unpaired) electrons. The average molecular weight is 823 g/mol. The van der Waals surface area contributed by atoms with Crippen LogP contribution in [-0.4, -0.2) is 28.6 Å². The molecule has 6 nitrogen and oxygen atoms in total. The Morgan fingerprint density at radius 1 is 0.381 bits per heavy atom. The largest absolute Gasteiger partial charge is 0.478 e. The molecule has 6 heteroatoms. The molecule has 9 aromatic carbocycles. The van der Waals surface area contributed by atoms with Crippen molar-refractivity contribution in [3.63, 3.8) is 0 Å². The zero-order chi connectivity index (χ0) is 43.3. The van der Waals surface area contributed by atoms with Gasteiger partial charge in [-0.15, -0.1) is 0 Å². The number of ether oxygens (including phenoxy) is 1. The van der Waals surface area contributed by atoms with E-state index in [2.05, 4.69) is 115 Å². The van der Waals surface area contributed by atoms with Crippen LogP contribution in [0.25, 0.3) is 44.5 Å². The van der Waals surface area contributed by atoms with Gasteiger partial charge < -0.3 is 14.9 Å². The first kappa shape index (κ1) is 40.3. The SMILES string of the molecule is O=C(O)c1ccc(/C=C/c2ccc3ccccc3c2)cc1.O=COc1ccc([C@H]2[C@@H](c3ccc(C(=O)O)cc3)[C@H](c3ccc4ccccc4c3)[C@@H]2c2ccc3ccccc3c2)cc1. The molecule has 4 atom stereocenters. The Hall–Kier alpha value is -8.09. The summed E-state index contributed by atoms with van der Waals surface area (Å²) in [5, 5.41) is 25.7. The van der Waals surface area contributed by atoms with E-state index in [0.29, 0.717) is 17.8 Å². The lowest BCUT2D eigenvalue weighted by molar-refractivity contribution is -0.120. The summed E-state index contributed by atoms with van der Waals surface area (Å²) in [7, 11) is 0. The van der Waals surface area contributed by atoms with Crippen molar-refractivity contribution in [2.75, 3.05) is 0 Å². The lowest BCUT2D eigenvalue weighted by atomic mass is 9.49. The molecular formula is C57H42O6. The van der Waals surface area contributed by atoms with E-state index in [1.54, 1.807) is 36.4 Å². The zero-order valence-electron chi connectivity index (χ0n) is 34.1. The van der Waals surface area contributed by atoms with Gasteiger partial charge in [-0.25, -0.2) is 9.59 Å². The molecule has 0 aromatic heterocycles. The highest BCUT2D eigenvalue weighted by molar-refractivity contribution is 5.89. The van der Waals surface area contributed by atoms with Gasteiger partial charge in [-0.2, -0.15) is 0 Å². The normalized spacial score (nSPS) is 16.8. The second kappa shape index (κ2) is 17.9. The summed E-state index contributed by atoms with van der Waals surface area (Å²) >= 11 is 0. The Morgan fingerprint density at radius 3 is 1.19 bits per heavy atom. The van der Waals surface area contributed by atoms with Gasteiger partial charge in [-0.1, -0.05) is 170 Å². The summed E-state index contributed by atoms with van der Waals surface area (Å²) in [4.78, 5) is 33.4. The van der Waals surface area contributed by atoms with Crippen LogP contribution in [-0.2, 0) is 4.79 Å². The van der Waals surface area contributed by atoms with Crippen molar-refractivity contribution in [1.82, 2.24) is 0 Å². The highest BCUT2D eigenvalue weighted by Gasteiger charge is 2.52. The Morgan fingerprint density at radius 2 is 0.730 bits per heavy atom. The van der Waals surface area contributed by atoms with Crippen LogP contribution in [0.4, 0.5) is 0 Å². The van der Waals surface area contributed by atoms with E-state index in [-0.39, 0.29) is 29.2 Å².